The van der Waals surface area contributed by atoms with E-state index in [0.29, 0.717) is 0 Å². The van der Waals surface area contributed by atoms with Crippen LogP contribution in [-0.4, -0.2) is 24.6 Å². The van der Waals surface area contributed by atoms with Crippen molar-refractivity contribution in [3.8, 4) is 0 Å². The van der Waals surface area contributed by atoms with Gasteiger partial charge in [-0.2, -0.15) is 11.8 Å². The highest BCUT2D eigenvalue weighted by Gasteiger charge is 2.33. The van der Waals surface area contributed by atoms with Crippen LogP contribution in [0.2, 0.25) is 0 Å². The number of hydrogen-bond donors (Lipinski definition) is 1. The van der Waals surface area contributed by atoms with Crippen molar-refractivity contribution in [2.75, 3.05) is 18.6 Å². The van der Waals surface area contributed by atoms with E-state index in [1.165, 1.54) is 50.8 Å². The minimum absolute atomic E-state index is 0.752. The highest BCUT2D eigenvalue weighted by atomic mass is 32.2. The summed E-state index contributed by atoms with van der Waals surface area (Å²) in [6, 6.07) is 0.752. The molecule has 0 bridgehead atoms. The first-order valence-electron chi connectivity index (χ1n) is 7.96. The Bertz CT molecular complexity index is 207. The van der Waals surface area contributed by atoms with Crippen LogP contribution in [-0.2, 0) is 0 Å². The molecule has 18 heavy (non-hydrogen) atoms. The molecule has 0 amide bonds. The van der Waals surface area contributed by atoms with Gasteiger partial charge in [-0.3, -0.25) is 0 Å². The average Bonchev–Trinajstić information content (AvgIpc) is 2.40. The van der Waals surface area contributed by atoms with Gasteiger partial charge in [0.05, 0.1) is 0 Å². The molecular formula is C16H33NS. The summed E-state index contributed by atoms with van der Waals surface area (Å²) in [5, 5.41) is 3.87. The zero-order chi connectivity index (χ0) is 13.4. The SMILES string of the molecule is CCCNC(C(C)CSC)C1CCCCC1CC. The second-order valence-corrected chi connectivity index (χ2v) is 6.94. The van der Waals surface area contributed by atoms with Gasteiger partial charge >= 0.3 is 0 Å². The van der Waals surface area contributed by atoms with Crippen molar-refractivity contribution >= 4 is 11.8 Å². The number of hydrogen-bond acceptors (Lipinski definition) is 2. The lowest BCUT2D eigenvalue weighted by molar-refractivity contribution is 0.148. The van der Waals surface area contributed by atoms with Gasteiger partial charge in [-0.05, 0) is 49.1 Å². The quantitative estimate of drug-likeness (QED) is 0.694. The van der Waals surface area contributed by atoms with E-state index in [1.807, 2.05) is 11.8 Å². The van der Waals surface area contributed by atoms with E-state index >= 15 is 0 Å². The summed E-state index contributed by atoms with van der Waals surface area (Å²) in [6.07, 6.45) is 10.7. The Balaban J connectivity index is 2.65. The molecule has 4 atom stereocenters. The van der Waals surface area contributed by atoms with Crippen LogP contribution in [0.15, 0.2) is 0 Å². The van der Waals surface area contributed by atoms with Crippen LogP contribution in [0.5, 0.6) is 0 Å². The van der Waals surface area contributed by atoms with Crippen molar-refractivity contribution in [1.82, 2.24) is 5.32 Å². The lowest BCUT2D eigenvalue weighted by Gasteiger charge is -2.40. The van der Waals surface area contributed by atoms with Gasteiger partial charge < -0.3 is 5.32 Å². The Morgan fingerprint density at radius 2 is 1.94 bits per heavy atom. The molecule has 1 rings (SSSR count). The fraction of sp³-hybridized carbons (Fsp3) is 1.00. The van der Waals surface area contributed by atoms with Crippen molar-refractivity contribution in [3.05, 3.63) is 0 Å². The highest BCUT2D eigenvalue weighted by molar-refractivity contribution is 7.98. The van der Waals surface area contributed by atoms with Crippen molar-refractivity contribution in [2.24, 2.45) is 17.8 Å². The Labute approximate surface area is 119 Å². The summed E-state index contributed by atoms with van der Waals surface area (Å²) in [5.41, 5.74) is 0. The molecule has 0 aliphatic heterocycles. The van der Waals surface area contributed by atoms with E-state index in [2.05, 4.69) is 32.3 Å². The van der Waals surface area contributed by atoms with Crippen LogP contribution >= 0.6 is 11.8 Å². The summed E-state index contributed by atoms with van der Waals surface area (Å²) in [7, 11) is 0. The standard InChI is InChI=1S/C16H33NS/c1-5-11-17-16(13(3)12-18-4)15-10-8-7-9-14(15)6-2/h13-17H,5-12H2,1-4H3. The molecule has 0 saturated heterocycles. The smallest absolute Gasteiger partial charge is 0.0131 e. The molecule has 1 nitrogen and oxygen atoms in total. The summed E-state index contributed by atoms with van der Waals surface area (Å²) >= 11 is 2.00. The lowest BCUT2D eigenvalue weighted by Crippen LogP contribution is -2.46. The van der Waals surface area contributed by atoms with Gasteiger partial charge in [0.15, 0.2) is 0 Å². The molecule has 0 radical (unpaired) electrons. The minimum Gasteiger partial charge on any atom is -0.313 e. The van der Waals surface area contributed by atoms with Crippen molar-refractivity contribution in [1.29, 1.82) is 0 Å². The Hall–Kier alpha value is 0.310. The van der Waals surface area contributed by atoms with Crippen LogP contribution < -0.4 is 5.32 Å². The topological polar surface area (TPSA) is 12.0 Å². The number of nitrogens with one attached hydrogen (secondary N) is 1. The zero-order valence-electron chi connectivity index (χ0n) is 12.9. The molecule has 0 spiro atoms. The summed E-state index contributed by atoms with van der Waals surface area (Å²) in [4.78, 5) is 0. The molecule has 1 N–H and O–H groups in total. The van der Waals surface area contributed by atoms with Crippen molar-refractivity contribution in [2.45, 2.75) is 65.3 Å². The summed E-state index contributed by atoms with van der Waals surface area (Å²) in [5.74, 6) is 4.01. The molecular weight excluding hydrogens is 238 g/mol. The van der Waals surface area contributed by atoms with E-state index in [0.717, 1.165) is 23.8 Å². The minimum atomic E-state index is 0.752. The second kappa shape index (κ2) is 9.25. The van der Waals surface area contributed by atoms with Crippen LogP contribution in [0.25, 0.3) is 0 Å². The van der Waals surface area contributed by atoms with Crippen LogP contribution in [0.3, 0.4) is 0 Å². The third-order valence-corrected chi connectivity index (χ3v) is 5.49. The van der Waals surface area contributed by atoms with Gasteiger partial charge in [0.2, 0.25) is 0 Å². The average molecular weight is 272 g/mol. The maximum atomic E-state index is 3.87. The maximum Gasteiger partial charge on any atom is 0.0131 e. The summed E-state index contributed by atoms with van der Waals surface area (Å²) < 4.78 is 0. The van der Waals surface area contributed by atoms with Gasteiger partial charge in [-0.25, -0.2) is 0 Å². The predicted molar refractivity (Wildman–Crippen MR) is 85.4 cm³/mol. The lowest BCUT2D eigenvalue weighted by atomic mass is 9.71. The van der Waals surface area contributed by atoms with Gasteiger partial charge in [0.25, 0.3) is 0 Å². The van der Waals surface area contributed by atoms with Gasteiger partial charge in [-0.15, -0.1) is 0 Å². The third kappa shape index (κ3) is 4.77. The van der Waals surface area contributed by atoms with Gasteiger partial charge in [-0.1, -0.05) is 46.5 Å². The molecule has 2 heteroatoms. The first-order chi connectivity index (χ1) is 8.74. The van der Waals surface area contributed by atoms with E-state index in [4.69, 9.17) is 0 Å². The molecule has 0 aromatic rings. The molecule has 1 aliphatic rings. The van der Waals surface area contributed by atoms with E-state index in [9.17, 15) is 0 Å². The zero-order valence-corrected chi connectivity index (χ0v) is 13.7. The number of thioether (sulfide) groups is 1. The monoisotopic (exact) mass is 271 g/mol. The number of rotatable bonds is 8. The molecule has 0 heterocycles. The first kappa shape index (κ1) is 16.4. The Morgan fingerprint density at radius 3 is 2.56 bits per heavy atom. The van der Waals surface area contributed by atoms with E-state index in [1.54, 1.807) is 0 Å². The van der Waals surface area contributed by atoms with Gasteiger partial charge in [0.1, 0.15) is 0 Å². The largest absolute Gasteiger partial charge is 0.313 e. The molecule has 0 aromatic carbocycles. The Kier molecular flexibility index (Phi) is 8.41. The highest BCUT2D eigenvalue weighted by Crippen LogP contribution is 2.37. The van der Waals surface area contributed by atoms with Crippen LogP contribution in [0.1, 0.15) is 59.3 Å². The van der Waals surface area contributed by atoms with Crippen LogP contribution in [0.4, 0.5) is 0 Å². The van der Waals surface area contributed by atoms with Crippen molar-refractivity contribution in [3.63, 3.8) is 0 Å². The van der Waals surface area contributed by atoms with E-state index < -0.39 is 0 Å². The molecule has 0 aromatic heterocycles. The molecule has 4 unspecified atom stereocenters. The normalized spacial score (nSPS) is 28.0. The van der Waals surface area contributed by atoms with Gasteiger partial charge in [0, 0.05) is 6.04 Å². The molecule has 1 fully saturated rings. The fourth-order valence-electron chi connectivity index (χ4n) is 3.67. The maximum absolute atomic E-state index is 3.87. The predicted octanol–water partition coefficient (Wildman–Crippen LogP) is 4.57. The fourth-order valence-corrected chi connectivity index (χ4v) is 4.40. The molecule has 108 valence electrons. The van der Waals surface area contributed by atoms with E-state index in [-0.39, 0.29) is 0 Å². The third-order valence-electron chi connectivity index (χ3n) is 4.63. The second-order valence-electron chi connectivity index (χ2n) is 6.03. The Morgan fingerprint density at radius 1 is 1.22 bits per heavy atom. The summed E-state index contributed by atoms with van der Waals surface area (Å²) in [6.45, 7) is 8.31. The molecule has 1 saturated carbocycles. The van der Waals surface area contributed by atoms with Crippen LogP contribution in [0, 0.1) is 17.8 Å². The molecule has 1 aliphatic carbocycles. The first-order valence-corrected chi connectivity index (χ1v) is 9.36. The van der Waals surface area contributed by atoms with Crippen molar-refractivity contribution < 1.29 is 0 Å².